The maximum Gasteiger partial charge on any atom is 0.251 e. The SMILES string of the molecule is Cl.O=C(NC1CCC1)c1ccc2c(c1)CNC2. The van der Waals surface area contributed by atoms with Gasteiger partial charge in [0.05, 0.1) is 0 Å². The highest BCUT2D eigenvalue weighted by Gasteiger charge is 2.20. The van der Waals surface area contributed by atoms with Gasteiger partial charge in [0.25, 0.3) is 5.91 Å². The molecule has 1 aliphatic heterocycles. The Balaban J connectivity index is 0.00000108. The van der Waals surface area contributed by atoms with Crippen molar-refractivity contribution in [2.75, 3.05) is 0 Å². The van der Waals surface area contributed by atoms with Crippen LogP contribution in [0.5, 0.6) is 0 Å². The van der Waals surface area contributed by atoms with Crippen molar-refractivity contribution in [1.82, 2.24) is 10.6 Å². The van der Waals surface area contributed by atoms with Gasteiger partial charge in [0.1, 0.15) is 0 Å². The summed E-state index contributed by atoms with van der Waals surface area (Å²) in [5.74, 6) is 0.0828. The van der Waals surface area contributed by atoms with Crippen LogP contribution >= 0.6 is 12.4 Å². The van der Waals surface area contributed by atoms with E-state index in [2.05, 4.69) is 16.7 Å². The zero-order chi connectivity index (χ0) is 11.0. The monoisotopic (exact) mass is 252 g/mol. The van der Waals surface area contributed by atoms with Gasteiger partial charge >= 0.3 is 0 Å². The third-order valence-electron chi connectivity index (χ3n) is 3.54. The Labute approximate surface area is 107 Å². The second-order valence-electron chi connectivity index (χ2n) is 4.69. The number of carbonyl (C=O) groups is 1. The number of benzene rings is 1. The quantitative estimate of drug-likeness (QED) is 0.845. The predicted molar refractivity (Wildman–Crippen MR) is 69.3 cm³/mol. The standard InChI is InChI=1S/C13H16N2O.ClH/c16-13(15-12-2-1-3-12)9-4-5-10-7-14-8-11(10)6-9;/h4-6,12,14H,1-3,7-8H2,(H,15,16);1H. The molecule has 2 N–H and O–H groups in total. The van der Waals surface area contributed by atoms with E-state index in [4.69, 9.17) is 0 Å². The third kappa shape index (κ3) is 2.45. The molecule has 0 spiro atoms. The average molecular weight is 253 g/mol. The smallest absolute Gasteiger partial charge is 0.251 e. The van der Waals surface area contributed by atoms with Crippen LogP contribution in [-0.2, 0) is 13.1 Å². The van der Waals surface area contributed by atoms with Crippen LogP contribution < -0.4 is 10.6 Å². The van der Waals surface area contributed by atoms with Gasteiger partial charge in [-0.05, 0) is 42.5 Å². The van der Waals surface area contributed by atoms with Crippen molar-refractivity contribution in [1.29, 1.82) is 0 Å². The first-order chi connectivity index (χ1) is 7.83. The molecule has 3 rings (SSSR count). The molecule has 2 aliphatic rings. The minimum absolute atomic E-state index is 0. The minimum Gasteiger partial charge on any atom is -0.349 e. The third-order valence-corrected chi connectivity index (χ3v) is 3.54. The van der Waals surface area contributed by atoms with Gasteiger partial charge in [-0.25, -0.2) is 0 Å². The molecule has 4 heteroatoms. The maximum atomic E-state index is 11.9. The molecule has 1 aromatic carbocycles. The molecule has 0 saturated heterocycles. The lowest BCUT2D eigenvalue weighted by molar-refractivity contribution is 0.0917. The first-order valence-corrected chi connectivity index (χ1v) is 5.96. The summed E-state index contributed by atoms with van der Waals surface area (Å²) in [6, 6.07) is 6.42. The summed E-state index contributed by atoms with van der Waals surface area (Å²) in [6.07, 6.45) is 3.52. The van der Waals surface area contributed by atoms with Crippen molar-refractivity contribution in [3.8, 4) is 0 Å². The van der Waals surface area contributed by atoms with Crippen molar-refractivity contribution in [3.05, 3.63) is 34.9 Å². The molecule has 0 radical (unpaired) electrons. The van der Waals surface area contributed by atoms with Crippen molar-refractivity contribution in [3.63, 3.8) is 0 Å². The van der Waals surface area contributed by atoms with E-state index in [9.17, 15) is 4.79 Å². The van der Waals surface area contributed by atoms with E-state index < -0.39 is 0 Å². The number of amides is 1. The fraction of sp³-hybridized carbons (Fsp3) is 0.462. The first-order valence-electron chi connectivity index (χ1n) is 5.96. The van der Waals surface area contributed by atoms with E-state index in [-0.39, 0.29) is 18.3 Å². The molecular weight excluding hydrogens is 236 g/mol. The van der Waals surface area contributed by atoms with Crippen LogP contribution in [0.3, 0.4) is 0 Å². The Morgan fingerprint density at radius 3 is 2.71 bits per heavy atom. The normalized spacial score (nSPS) is 17.9. The largest absolute Gasteiger partial charge is 0.349 e. The van der Waals surface area contributed by atoms with Crippen LogP contribution in [0.1, 0.15) is 40.7 Å². The lowest BCUT2D eigenvalue weighted by Gasteiger charge is -2.26. The zero-order valence-electron chi connectivity index (χ0n) is 9.66. The number of halogens is 1. The van der Waals surface area contributed by atoms with Crippen molar-refractivity contribution in [2.24, 2.45) is 0 Å². The molecule has 1 aromatic rings. The highest BCUT2D eigenvalue weighted by atomic mass is 35.5. The van der Waals surface area contributed by atoms with Gasteiger partial charge in [0, 0.05) is 24.7 Å². The summed E-state index contributed by atoms with van der Waals surface area (Å²) in [6.45, 7) is 1.82. The highest BCUT2D eigenvalue weighted by molar-refractivity contribution is 5.94. The van der Waals surface area contributed by atoms with Gasteiger partial charge in [-0.3, -0.25) is 4.79 Å². The summed E-state index contributed by atoms with van der Waals surface area (Å²) in [4.78, 5) is 11.9. The van der Waals surface area contributed by atoms with Crippen LogP contribution in [0.4, 0.5) is 0 Å². The number of hydrogen-bond donors (Lipinski definition) is 2. The average Bonchev–Trinajstić information content (AvgIpc) is 2.69. The summed E-state index contributed by atoms with van der Waals surface area (Å²) >= 11 is 0. The fourth-order valence-electron chi connectivity index (χ4n) is 2.26. The number of fused-ring (bicyclic) bond motifs is 1. The van der Waals surface area contributed by atoms with Gasteiger partial charge in [0.2, 0.25) is 0 Å². The molecule has 0 atom stereocenters. The van der Waals surface area contributed by atoms with Crippen molar-refractivity contribution >= 4 is 18.3 Å². The van der Waals surface area contributed by atoms with Crippen LogP contribution in [0, 0.1) is 0 Å². The van der Waals surface area contributed by atoms with E-state index in [0.717, 1.165) is 31.5 Å². The molecule has 17 heavy (non-hydrogen) atoms. The Morgan fingerprint density at radius 1 is 1.24 bits per heavy atom. The Hall–Kier alpha value is -1.06. The molecule has 92 valence electrons. The zero-order valence-corrected chi connectivity index (χ0v) is 10.5. The van der Waals surface area contributed by atoms with Gasteiger partial charge in [0.15, 0.2) is 0 Å². The minimum atomic E-state index is 0. The van der Waals surface area contributed by atoms with E-state index in [1.165, 1.54) is 17.5 Å². The molecule has 1 aliphatic carbocycles. The number of rotatable bonds is 2. The lowest BCUT2D eigenvalue weighted by atomic mass is 9.93. The van der Waals surface area contributed by atoms with Crippen LogP contribution in [0.15, 0.2) is 18.2 Å². The Bertz CT molecular complexity index is 429. The Kier molecular flexibility index (Phi) is 3.69. The predicted octanol–water partition coefficient (Wildman–Crippen LogP) is 1.99. The van der Waals surface area contributed by atoms with Gasteiger partial charge < -0.3 is 10.6 Å². The number of carbonyl (C=O) groups excluding carboxylic acids is 1. The van der Waals surface area contributed by atoms with Crippen LogP contribution in [0.25, 0.3) is 0 Å². The van der Waals surface area contributed by atoms with Crippen molar-refractivity contribution < 1.29 is 4.79 Å². The number of nitrogens with one attached hydrogen (secondary N) is 2. The van der Waals surface area contributed by atoms with E-state index in [0.29, 0.717) is 6.04 Å². The van der Waals surface area contributed by atoms with Gasteiger partial charge in [-0.2, -0.15) is 0 Å². The second kappa shape index (κ2) is 5.07. The van der Waals surface area contributed by atoms with Crippen molar-refractivity contribution in [2.45, 2.75) is 38.4 Å². The second-order valence-corrected chi connectivity index (χ2v) is 4.69. The molecule has 1 amide bonds. The highest BCUT2D eigenvalue weighted by Crippen LogP contribution is 2.20. The fourth-order valence-corrected chi connectivity index (χ4v) is 2.26. The van der Waals surface area contributed by atoms with Gasteiger partial charge in [-0.15, -0.1) is 12.4 Å². The van der Waals surface area contributed by atoms with E-state index >= 15 is 0 Å². The van der Waals surface area contributed by atoms with E-state index in [1.807, 2.05) is 12.1 Å². The lowest BCUT2D eigenvalue weighted by Crippen LogP contribution is -2.39. The summed E-state index contributed by atoms with van der Waals surface area (Å²) in [7, 11) is 0. The maximum absolute atomic E-state index is 11.9. The molecule has 0 unspecified atom stereocenters. The van der Waals surface area contributed by atoms with Crippen LogP contribution in [0.2, 0.25) is 0 Å². The molecule has 1 saturated carbocycles. The summed E-state index contributed by atoms with van der Waals surface area (Å²) < 4.78 is 0. The Morgan fingerprint density at radius 2 is 2.00 bits per heavy atom. The van der Waals surface area contributed by atoms with Crippen LogP contribution in [-0.4, -0.2) is 11.9 Å². The first kappa shape index (κ1) is 12.4. The molecule has 1 heterocycles. The number of hydrogen-bond acceptors (Lipinski definition) is 2. The molecule has 3 nitrogen and oxygen atoms in total. The summed E-state index contributed by atoms with van der Waals surface area (Å²) in [5.41, 5.74) is 3.39. The molecule has 0 aromatic heterocycles. The summed E-state index contributed by atoms with van der Waals surface area (Å²) in [5, 5.41) is 6.35. The molecular formula is C13H17ClN2O. The molecule has 0 bridgehead atoms. The molecule has 1 fully saturated rings. The topological polar surface area (TPSA) is 41.1 Å². The van der Waals surface area contributed by atoms with Gasteiger partial charge in [-0.1, -0.05) is 6.07 Å². The van der Waals surface area contributed by atoms with E-state index in [1.54, 1.807) is 0 Å².